The van der Waals surface area contributed by atoms with Crippen molar-refractivity contribution in [1.29, 1.82) is 5.26 Å². The lowest BCUT2D eigenvalue weighted by molar-refractivity contribution is -0.387. The molecule has 0 atom stereocenters. The van der Waals surface area contributed by atoms with Crippen molar-refractivity contribution in [2.24, 2.45) is 0 Å². The minimum Gasteiger partial charge on any atom is -0.299 e. The largest absolute Gasteiger partial charge is 0.416 e. The van der Waals surface area contributed by atoms with Crippen LogP contribution in [-0.2, 0) is 6.18 Å². The zero-order valence-electron chi connectivity index (χ0n) is 12.2. The highest BCUT2D eigenvalue weighted by Gasteiger charge is 2.31. The van der Waals surface area contributed by atoms with Crippen LogP contribution in [0.15, 0.2) is 47.6 Å². The number of hydrogen-bond donors (Lipinski definition) is 0. The number of nitro groups is 1. The molecule has 0 aliphatic heterocycles. The molecule has 3 rings (SSSR count). The van der Waals surface area contributed by atoms with Gasteiger partial charge in [0.2, 0.25) is 0 Å². The van der Waals surface area contributed by atoms with E-state index >= 15 is 0 Å². The molecule has 0 aliphatic carbocycles. The Morgan fingerprint density at radius 3 is 2.64 bits per heavy atom. The van der Waals surface area contributed by atoms with Gasteiger partial charge in [0.15, 0.2) is 0 Å². The van der Waals surface area contributed by atoms with Gasteiger partial charge in [0.25, 0.3) is 5.69 Å². The quantitative estimate of drug-likeness (QED) is 0.295. The maximum atomic E-state index is 12.9. The maximum Gasteiger partial charge on any atom is 0.416 e. The molecule has 10 heteroatoms. The highest BCUT2D eigenvalue weighted by Crippen LogP contribution is 2.34. The fraction of sp³-hybridized carbons (Fsp3) is 0.0667. The first kappa shape index (κ1) is 16.8. The number of thioether (sulfide) groups is 1. The van der Waals surface area contributed by atoms with Crippen molar-refractivity contribution in [3.63, 3.8) is 0 Å². The predicted octanol–water partition coefficient (Wildman–Crippen LogP) is 4.53. The monoisotopic (exact) mass is 364 g/mol. The Balaban J connectivity index is 2.18. The molecule has 0 fully saturated rings. The minimum absolute atomic E-state index is 0.0961. The Bertz CT molecular complexity index is 1020. The molecule has 6 nitrogen and oxygen atoms in total. The first-order valence-corrected chi connectivity index (χ1v) is 7.52. The summed E-state index contributed by atoms with van der Waals surface area (Å²) in [4.78, 5) is 14.5. The lowest BCUT2D eigenvalue weighted by Crippen LogP contribution is -2.05. The molecule has 1 heterocycles. The number of aromatic nitrogens is 2. The SMILES string of the molecule is N#CSc1cc(-n2cnc3ccc(C(F)(F)F)cc32)ccc1[N+](=O)[O-]. The standard InChI is InChI=1S/C15H7F3N4O2S/c16-15(17,18)9-1-3-11-13(5-9)21(8-20-11)10-2-4-12(22(23)24)14(6-10)25-7-19/h1-6,8H. The number of hydrogen-bond acceptors (Lipinski definition) is 5. The van der Waals surface area contributed by atoms with Crippen LogP contribution in [0.2, 0.25) is 0 Å². The summed E-state index contributed by atoms with van der Waals surface area (Å²) in [5, 5.41) is 21.5. The molecular weight excluding hydrogens is 357 g/mol. The Kier molecular flexibility index (Phi) is 4.10. The Morgan fingerprint density at radius 2 is 2.00 bits per heavy atom. The smallest absolute Gasteiger partial charge is 0.299 e. The van der Waals surface area contributed by atoms with E-state index in [1.54, 1.807) is 5.40 Å². The van der Waals surface area contributed by atoms with E-state index in [2.05, 4.69) is 4.98 Å². The second-order valence-electron chi connectivity index (χ2n) is 4.92. The van der Waals surface area contributed by atoms with Crippen molar-refractivity contribution in [1.82, 2.24) is 9.55 Å². The van der Waals surface area contributed by atoms with E-state index in [1.807, 2.05) is 0 Å². The molecule has 0 aliphatic rings. The molecule has 0 bridgehead atoms. The van der Waals surface area contributed by atoms with Crippen molar-refractivity contribution < 1.29 is 18.1 Å². The minimum atomic E-state index is -4.50. The molecule has 0 unspecified atom stereocenters. The van der Waals surface area contributed by atoms with Crippen LogP contribution in [0.3, 0.4) is 0 Å². The van der Waals surface area contributed by atoms with E-state index in [0.717, 1.165) is 12.1 Å². The van der Waals surface area contributed by atoms with Crippen LogP contribution in [0, 0.1) is 20.8 Å². The second-order valence-corrected chi connectivity index (χ2v) is 5.74. The number of halogens is 3. The number of imidazole rings is 1. The lowest BCUT2D eigenvalue weighted by Gasteiger charge is -2.09. The van der Waals surface area contributed by atoms with Crippen molar-refractivity contribution in [3.05, 3.63) is 58.4 Å². The third-order valence-electron chi connectivity index (χ3n) is 3.45. The van der Waals surface area contributed by atoms with Gasteiger partial charge in [0.05, 0.1) is 21.5 Å². The van der Waals surface area contributed by atoms with E-state index in [0.29, 0.717) is 23.0 Å². The summed E-state index contributed by atoms with van der Waals surface area (Å²) in [7, 11) is 0. The summed E-state index contributed by atoms with van der Waals surface area (Å²) < 4.78 is 40.1. The summed E-state index contributed by atoms with van der Waals surface area (Å²) in [6, 6.07) is 7.11. The van der Waals surface area contributed by atoms with Gasteiger partial charge in [0, 0.05) is 11.8 Å². The second kappa shape index (κ2) is 6.10. The third kappa shape index (κ3) is 3.14. The number of fused-ring (bicyclic) bond motifs is 1. The van der Waals surface area contributed by atoms with Crippen LogP contribution in [-0.4, -0.2) is 14.5 Å². The molecule has 0 N–H and O–H groups in total. The van der Waals surface area contributed by atoms with E-state index in [9.17, 15) is 23.3 Å². The summed E-state index contributed by atoms with van der Waals surface area (Å²) in [6.45, 7) is 0. The normalized spacial score (nSPS) is 11.4. The van der Waals surface area contributed by atoms with Crippen LogP contribution in [0.25, 0.3) is 16.7 Å². The van der Waals surface area contributed by atoms with Crippen molar-refractivity contribution >= 4 is 28.5 Å². The van der Waals surface area contributed by atoms with E-state index < -0.39 is 16.7 Å². The molecule has 0 spiro atoms. The van der Waals surface area contributed by atoms with Gasteiger partial charge in [-0.25, -0.2) is 4.98 Å². The maximum absolute atomic E-state index is 12.9. The fourth-order valence-electron chi connectivity index (χ4n) is 2.32. The molecule has 0 saturated heterocycles. The molecule has 0 radical (unpaired) electrons. The van der Waals surface area contributed by atoms with Gasteiger partial charge in [-0.05, 0) is 42.1 Å². The molecule has 2 aromatic carbocycles. The molecule has 3 aromatic rings. The Morgan fingerprint density at radius 1 is 1.24 bits per heavy atom. The Labute approximate surface area is 142 Å². The van der Waals surface area contributed by atoms with Crippen LogP contribution < -0.4 is 0 Å². The van der Waals surface area contributed by atoms with Crippen LogP contribution in [0.5, 0.6) is 0 Å². The van der Waals surface area contributed by atoms with Gasteiger partial charge in [-0.3, -0.25) is 14.7 Å². The molecule has 0 amide bonds. The number of rotatable bonds is 3. The van der Waals surface area contributed by atoms with Crippen LogP contribution in [0.1, 0.15) is 5.56 Å². The molecular formula is C15H7F3N4O2S. The van der Waals surface area contributed by atoms with Gasteiger partial charge in [-0.1, -0.05) is 0 Å². The first-order chi connectivity index (χ1) is 11.8. The molecule has 0 saturated carbocycles. The van der Waals surface area contributed by atoms with E-state index in [1.165, 1.54) is 35.2 Å². The number of alkyl halides is 3. The zero-order valence-corrected chi connectivity index (χ0v) is 13.0. The van der Waals surface area contributed by atoms with E-state index in [-0.39, 0.29) is 16.1 Å². The van der Waals surface area contributed by atoms with Gasteiger partial charge in [0.1, 0.15) is 16.6 Å². The predicted molar refractivity (Wildman–Crippen MR) is 84.2 cm³/mol. The van der Waals surface area contributed by atoms with Gasteiger partial charge >= 0.3 is 6.18 Å². The average Bonchev–Trinajstić information content (AvgIpc) is 2.97. The first-order valence-electron chi connectivity index (χ1n) is 6.70. The van der Waals surface area contributed by atoms with Gasteiger partial charge < -0.3 is 0 Å². The summed E-state index contributed by atoms with van der Waals surface area (Å²) in [5.74, 6) is 0. The lowest BCUT2D eigenvalue weighted by atomic mass is 10.2. The van der Waals surface area contributed by atoms with Crippen LogP contribution in [0.4, 0.5) is 18.9 Å². The van der Waals surface area contributed by atoms with Crippen molar-refractivity contribution in [3.8, 4) is 11.1 Å². The molecule has 25 heavy (non-hydrogen) atoms. The van der Waals surface area contributed by atoms with Gasteiger partial charge in [-0.15, -0.1) is 0 Å². The van der Waals surface area contributed by atoms with Crippen molar-refractivity contribution in [2.75, 3.05) is 0 Å². The van der Waals surface area contributed by atoms with Crippen LogP contribution >= 0.6 is 11.8 Å². The number of nitro benzene ring substituents is 1. The number of benzene rings is 2. The highest BCUT2D eigenvalue weighted by atomic mass is 32.2. The highest BCUT2D eigenvalue weighted by molar-refractivity contribution is 8.03. The van der Waals surface area contributed by atoms with E-state index in [4.69, 9.17) is 5.26 Å². The fourth-order valence-corrected chi connectivity index (χ4v) is 2.85. The number of thiocyanates is 1. The van der Waals surface area contributed by atoms with Crippen molar-refractivity contribution in [2.45, 2.75) is 11.1 Å². The molecule has 1 aromatic heterocycles. The topological polar surface area (TPSA) is 84.8 Å². The average molecular weight is 364 g/mol. The molecule has 126 valence electrons. The summed E-state index contributed by atoms with van der Waals surface area (Å²) >= 11 is 0.605. The zero-order chi connectivity index (χ0) is 18.2. The third-order valence-corrected chi connectivity index (χ3v) is 4.09. The Hall–Kier alpha value is -3.06. The summed E-state index contributed by atoms with van der Waals surface area (Å²) in [5.41, 5.74) is -0.159. The summed E-state index contributed by atoms with van der Waals surface area (Å²) in [6.07, 6.45) is -3.17. The number of nitrogens with zero attached hydrogens (tertiary/aromatic N) is 4. The number of nitriles is 1. The van der Waals surface area contributed by atoms with Gasteiger partial charge in [-0.2, -0.15) is 18.4 Å².